The molecule has 1 saturated heterocycles. The molecule has 4 amide bonds. The van der Waals surface area contributed by atoms with E-state index < -0.39 is 24.0 Å². The second-order valence-electron chi connectivity index (χ2n) is 11.2. The van der Waals surface area contributed by atoms with E-state index in [9.17, 15) is 19.5 Å². The van der Waals surface area contributed by atoms with Crippen molar-refractivity contribution in [2.75, 3.05) is 37.4 Å². The summed E-state index contributed by atoms with van der Waals surface area (Å²) in [5.74, 6) is -0.438. The summed E-state index contributed by atoms with van der Waals surface area (Å²) in [5, 5.41) is 28.5. The highest BCUT2D eigenvalue weighted by Gasteiger charge is 2.37. The number of anilines is 2. The van der Waals surface area contributed by atoms with Crippen LogP contribution >= 0.6 is 0 Å². The average Bonchev–Trinajstić information content (AvgIpc) is 3.59. The maximum absolute atomic E-state index is 14.0. The zero-order chi connectivity index (χ0) is 32.3. The van der Waals surface area contributed by atoms with E-state index >= 15 is 0 Å². The molecule has 0 unspecified atom stereocenters. The van der Waals surface area contributed by atoms with Gasteiger partial charge in [0.05, 0.1) is 18.9 Å². The van der Waals surface area contributed by atoms with Gasteiger partial charge in [-0.2, -0.15) is 5.10 Å². The number of aromatic amines is 1. The molecule has 240 valence electrons. The van der Waals surface area contributed by atoms with Crippen LogP contribution in [-0.2, 0) is 16.0 Å². The van der Waals surface area contributed by atoms with E-state index in [0.29, 0.717) is 44.0 Å². The summed E-state index contributed by atoms with van der Waals surface area (Å²) < 4.78 is 6.09. The molecule has 6 N–H and O–H groups in total. The lowest BCUT2D eigenvalue weighted by atomic mass is 9.84. The van der Waals surface area contributed by atoms with Gasteiger partial charge in [0, 0.05) is 43.9 Å². The van der Waals surface area contributed by atoms with E-state index in [1.54, 1.807) is 12.3 Å². The van der Waals surface area contributed by atoms with Crippen molar-refractivity contribution in [2.45, 2.75) is 36.9 Å². The number of aryl methyl sites for hydroxylation is 1. The highest BCUT2D eigenvalue weighted by molar-refractivity contribution is 5.98. The summed E-state index contributed by atoms with van der Waals surface area (Å²) >= 11 is 0. The summed E-state index contributed by atoms with van der Waals surface area (Å²) in [6.45, 7) is 1.46. The van der Waals surface area contributed by atoms with Gasteiger partial charge in [0.1, 0.15) is 11.9 Å². The van der Waals surface area contributed by atoms with Gasteiger partial charge in [-0.15, -0.1) is 0 Å². The van der Waals surface area contributed by atoms with Gasteiger partial charge in [-0.25, -0.2) is 9.59 Å². The third kappa shape index (κ3) is 8.49. The van der Waals surface area contributed by atoms with Crippen LogP contribution in [0, 0.1) is 0 Å². The van der Waals surface area contributed by atoms with Crippen molar-refractivity contribution in [3.63, 3.8) is 0 Å². The smallest absolute Gasteiger partial charge is 0.407 e. The molecule has 1 aliphatic heterocycles. The first kappa shape index (κ1) is 32.2. The van der Waals surface area contributed by atoms with Crippen LogP contribution in [0.25, 0.3) is 0 Å². The lowest BCUT2D eigenvalue weighted by molar-refractivity contribution is -0.120. The van der Waals surface area contributed by atoms with Crippen LogP contribution in [-0.4, -0.2) is 83.2 Å². The molecule has 5 rings (SSSR count). The van der Waals surface area contributed by atoms with Gasteiger partial charge in [-0.1, -0.05) is 78.9 Å². The highest BCUT2D eigenvalue weighted by atomic mass is 16.5. The molecule has 46 heavy (non-hydrogen) atoms. The minimum absolute atomic E-state index is 0.0272. The van der Waals surface area contributed by atoms with Gasteiger partial charge < -0.3 is 25.8 Å². The second kappa shape index (κ2) is 15.7. The number of urea groups is 1. The molecule has 3 aromatic carbocycles. The van der Waals surface area contributed by atoms with Crippen LogP contribution in [0.4, 0.5) is 21.1 Å². The monoisotopic (exact) mass is 625 g/mol. The van der Waals surface area contributed by atoms with E-state index in [1.807, 2.05) is 84.9 Å². The highest BCUT2D eigenvalue weighted by Crippen LogP contribution is 2.32. The van der Waals surface area contributed by atoms with Crippen molar-refractivity contribution in [1.82, 2.24) is 25.7 Å². The first-order valence-electron chi connectivity index (χ1n) is 15.2. The third-order valence-electron chi connectivity index (χ3n) is 8.06. The quantitative estimate of drug-likeness (QED) is 0.137. The number of nitrogens with one attached hydrogen (secondary N) is 5. The number of aromatic nitrogens is 2. The molecule has 2 heterocycles. The summed E-state index contributed by atoms with van der Waals surface area (Å²) in [6.07, 6.45) is 1.65. The van der Waals surface area contributed by atoms with Crippen molar-refractivity contribution in [1.29, 1.82) is 0 Å². The number of carbonyl (C=O) groups excluding carboxylic acids is 2. The summed E-state index contributed by atoms with van der Waals surface area (Å²) in [6, 6.07) is 26.8. The molecular formula is C34H39N7O5. The molecule has 0 spiro atoms. The van der Waals surface area contributed by atoms with Crippen LogP contribution in [0.2, 0.25) is 0 Å². The molecule has 3 atom stereocenters. The Hall–Kier alpha value is -5.20. The minimum Gasteiger partial charge on any atom is -0.465 e. The van der Waals surface area contributed by atoms with Crippen LogP contribution in [0.15, 0.2) is 97.2 Å². The molecule has 0 bridgehead atoms. The molecular weight excluding hydrogens is 586 g/mol. The van der Waals surface area contributed by atoms with Crippen LogP contribution < -0.4 is 21.3 Å². The van der Waals surface area contributed by atoms with Gasteiger partial charge >= 0.3 is 12.1 Å². The zero-order valence-electron chi connectivity index (χ0n) is 25.6. The van der Waals surface area contributed by atoms with Crippen molar-refractivity contribution in [3.05, 3.63) is 114 Å². The topological polar surface area (TPSA) is 161 Å². The number of morpholine rings is 1. The normalized spacial score (nSPS) is 16.7. The van der Waals surface area contributed by atoms with Gasteiger partial charge in [0.25, 0.3) is 0 Å². The lowest BCUT2D eigenvalue weighted by Gasteiger charge is -2.33. The van der Waals surface area contributed by atoms with E-state index in [2.05, 4.69) is 31.5 Å². The number of amides is 4. The Balaban J connectivity index is 1.21. The molecule has 0 radical (unpaired) electrons. The number of H-pyrrole nitrogens is 1. The van der Waals surface area contributed by atoms with E-state index in [4.69, 9.17) is 4.74 Å². The van der Waals surface area contributed by atoms with Crippen molar-refractivity contribution in [2.24, 2.45) is 0 Å². The Labute approximate surface area is 267 Å². The second-order valence-corrected chi connectivity index (χ2v) is 11.2. The van der Waals surface area contributed by atoms with Gasteiger partial charge in [0.15, 0.2) is 0 Å². The van der Waals surface area contributed by atoms with E-state index in [-0.39, 0.29) is 18.2 Å². The Morgan fingerprint density at radius 1 is 0.957 bits per heavy atom. The molecule has 0 saturated carbocycles. The minimum atomic E-state index is -1.20. The standard InChI is InChI=1S/C34H39N7O5/c1-41(34(44)45)31(30(24-11-4-2-5-12-24)25-13-6-3-7-14-25)32(42)38-28-15-9-8-10-23(28)16-17-27-21-35-26(22-46-27)20-36-33(43)39-29-18-19-37-40-29/h2-15,18-19,26-27,30-31,35H,16-17,20-22H2,1H3,(H,38,42)(H,44,45)(H3,36,37,39,40,43)/t26-,27-,31+/m1/s1. The predicted octanol–water partition coefficient (Wildman–Crippen LogP) is 4.27. The maximum Gasteiger partial charge on any atom is 0.407 e. The Kier molecular flexibility index (Phi) is 11.0. The first-order chi connectivity index (χ1) is 22.4. The van der Waals surface area contributed by atoms with E-state index in [0.717, 1.165) is 21.6 Å². The number of likely N-dealkylation sites (N-methyl/N-ethyl adjacent to an activating group) is 1. The van der Waals surface area contributed by atoms with Crippen molar-refractivity contribution < 1.29 is 24.2 Å². The van der Waals surface area contributed by atoms with Crippen LogP contribution in [0.3, 0.4) is 0 Å². The number of hydrogen-bond donors (Lipinski definition) is 6. The number of carbonyl (C=O) groups is 3. The Bertz CT molecular complexity index is 1520. The molecule has 1 aromatic heterocycles. The number of nitrogens with zero attached hydrogens (tertiary/aromatic N) is 2. The molecule has 1 fully saturated rings. The first-order valence-corrected chi connectivity index (χ1v) is 15.2. The number of hydrogen-bond acceptors (Lipinski definition) is 6. The summed E-state index contributed by atoms with van der Waals surface area (Å²) in [5.41, 5.74) is 3.23. The zero-order valence-corrected chi connectivity index (χ0v) is 25.6. The van der Waals surface area contributed by atoms with Crippen molar-refractivity contribution >= 4 is 29.5 Å². The largest absolute Gasteiger partial charge is 0.465 e. The number of rotatable bonds is 12. The van der Waals surface area contributed by atoms with Crippen LogP contribution in [0.5, 0.6) is 0 Å². The third-order valence-corrected chi connectivity index (χ3v) is 8.06. The fraction of sp³-hybridized carbons (Fsp3) is 0.294. The molecule has 0 aliphatic carbocycles. The van der Waals surface area contributed by atoms with Gasteiger partial charge in [0.2, 0.25) is 5.91 Å². The Morgan fingerprint density at radius 3 is 2.24 bits per heavy atom. The predicted molar refractivity (Wildman–Crippen MR) is 175 cm³/mol. The summed E-state index contributed by atoms with van der Waals surface area (Å²) in [7, 11) is 1.43. The van der Waals surface area contributed by atoms with Gasteiger partial charge in [-0.05, 0) is 35.6 Å². The number of carboxylic acid groups (broad SMARTS) is 1. The number of para-hydroxylation sites is 1. The van der Waals surface area contributed by atoms with Crippen LogP contribution in [0.1, 0.15) is 29.0 Å². The molecule has 12 heteroatoms. The molecule has 1 aliphatic rings. The fourth-order valence-electron chi connectivity index (χ4n) is 5.62. The number of ether oxygens (including phenoxy) is 1. The van der Waals surface area contributed by atoms with E-state index in [1.165, 1.54) is 7.05 Å². The average molecular weight is 626 g/mol. The molecule has 4 aromatic rings. The SMILES string of the molecule is CN(C(=O)O)[C@H](C(=O)Nc1ccccc1CC[C@@H]1CN[C@H](CNC(=O)Nc2ccn[nH]2)CO1)C(c1ccccc1)c1ccccc1. The Morgan fingerprint density at radius 2 is 1.63 bits per heavy atom. The van der Waals surface area contributed by atoms with Gasteiger partial charge in [-0.3, -0.25) is 20.1 Å². The van der Waals surface area contributed by atoms with Crippen molar-refractivity contribution in [3.8, 4) is 0 Å². The fourth-order valence-corrected chi connectivity index (χ4v) is 5.62. The number of benzene rings is 3. The molecule has 12 nitrogen and oxygen atoms in total. The summed E-state index contributed by atoms with van der Waals surface area (Å²) in [4.78, 5) is 39.5. The maximum atomic E-state index is 14.0. The lowest BCUT2D eigenvalue weighted by Crippen LogP contribution is -2.52.